The van der Waals surface area contributed by atoms with E-state index in [0.29, 0.717) is 6.42 Å². The summed E-state index contributed by atoms with van der Waals surface area (Å²) in [7, 11) is 0. The predicted octanol–water partition coefficient (Wildman–Crippen LogP) is 4.27. The minimum atomic E-state index is -0.0906. The molecule has 1 aliphatic heterocycles. The molecule has 2 heterocycles. The first kappa shape index (κ1) is 16.5. The van der Waals surface area contributed by atoms with Crippen LogP contribution in [0.15, 0.2) is 48.7 Å². The summed E-state index contributed by atoms with van der Waals surface area (Å²) < 4.78 is 10.7. The molecule has 0 bridgehead atoms. The molecule has 0 saturated heterocycles. The first-order valence-electron chi connectivity index (χ1n) is 8.86. The van der Waals surface area contributed by atoms with Crippen molar-refractivity contribution >= 4 is 16.8 Å². The van der Waals surface area contributed by atoms with E-state index in [4.69, 9.17) is 9.47 Å². The van der Waals surface area contributed by atoms with E-state index in [1.807, 2.05) is 49.5 Å². The fourth-order valence-corrected chi connectivity index (χ4v) is 3.46. The van der Waals surface area contributed by atoms with E-state index in [1.54, 1.807) is 0 Å². The number of H-pyrrole nitrogens is 1. The van der Waals surface area contributed by atoms with Gasteiger partial charge in [0, 0.05) is 23.5 Å². The average Bonchev–Trinajstić information content (AvgIpc) is 3.27. The molecule has 2 N–H and O–H groups in total. The predicted molar refractivity (Wildman–Crippen MR) is 100 cm³/mol. The molecule has 1 aromatic heterocycles. The van der Waals surface area contributed by atoms with Crippen LogP contribution in [0.2, 0.25) is 0 Å². The number of aromatic amines is 1. The second-order valence-electron chi connectivity index (χ2n) is 6.80. The van der Waals surface area contributed by atoms with Crippen LogP contribution in [-0.4, -0.2) is 17.7 Å². The topological polar surface area (TPSA) is 63.4 Å². The van der Waals surface area contributed by atoms with Crippen LogP contribution in [0.3, 0.4) is 0 Å². The van der Waals surface area contributed by atoms with Crippen LogP contribution in [-0.2, 0) is 4.79 Å². The number of para-hydroxylation sites is 1. The van der Waals surface area contributed by atoms with Gasteiger partial charge in [0.05, 0.1) is 6.04 Å². The Morgan fingerprint density at radius 1 is 1.15 bits per heavy atom. The first-order chi connectivity index (χ1) is 12.6. The molecular weight excluding hydrogens is 328 g/mol. The van der Waals surface area contributed by atoms with Crippen molar-refractivity contribution in [1.29, 1.82) is 0 Å². The summed E-state index contributed by atoms with van der Waals surface area (Å²) in [6.45, 7) is 4.31. The number of nitrogens with one attached hydrogen (secondary N) is 2. The number of rotatable bonds is 5. The molecule has 0 saturated carbocycles. The maximum Gasteiger partial charge on any atom is 0.231 e. The molecule has 134 valence electrons. The second-order valence-corrected chi connectivity index (χ2v) is 6.80. The van der Waals surface area contributed by atoms with Crippen molar-refractivity contribution in [3.05, 3.63) is 59.8 Å². The van der Waals surface area contributed by atoms with Gasteiger partial charge in [-0.05, 0) is 42.2 Å². The standard InChI is InChI=1S/C21H22N2O3/c1-13(17-11-22-18-6-4-3-5-16(17)18)9-21(24)23-14(2)15-7-8-19-20(10-15)26-12-25-19/h3-8,10-11,13-14,22H,9,12H2,1-2H3,(H,23,24)/t13-,14+/m1/s1. The smallest absolute Gasteiger partial charge is 0.231 e. The highest BCUT2D eigenvalue weighted by Crippen LogP contribution is 2.34. The van der Waals surface area contributed by atoms with Gasteiger partial charge in [0.15, 0.2) is 11.5 Å². The average molecular weight is 350 g/mol. The van der Waals surface area contributed by atoms with Crippen LogP contribution in [0, 0.1) is 0 Å². The van der Waals surface area contributed by atoms with E-state index in [-0.39, 0.29) is 24.7 Å². The number of carbonyl (C=O) groups excluding carboxylic acids is 1. The van der Waals surface area contributed by atoms with Gasteiger partial charge in [0.2, 0.25) is 12.7 Å². The normalized spacial score (nSPS) is 15.0. The molecule has 0 aliphatic carbocycles. The zero-order chi connectivity index (χ0) is 18.1. The molecule has 5 heteroatoms. The number of amides is 1. The molecule has 26 heavy (non-hydrogen) atoms. The zero-order valence-electron chi connectivity index (χ0n) is 14.9. The number of aromatic nitrogens is 1. The Morgan fingerprint density at radius 2 is 1.96 bits per heavy atom. The molecule has 0 fully saturated rings. The lowest BCUT2D eigenvalue weighted by Gasteiger charge is -2.17. The van der Waals surface area contributed by atoms with E-state index in [1.165, 1.54) is 10.9 Å². The highest BCUT2D eigenvalue weighted by atomic mass is 16.7. The SMILES string of the molecule is C[C@H](CC(=O)N[C@@H](C)c1ccc2c(c1)OCO2)c1c[nH]c2ccccc12. The molecular formula is C21H22N2O3. The molecule has 2 aromatic carbocycles. The largest absolute Gasteiger partial charge is 0.454 e. The number of hydrogen-bond donors (Lipinski definition) is 2. The van der Waals surface area contributed by atoms with Crippen molar-refractivity contribution in [2.45, 2.75) is 32.2 Å². The molecule has 5 nitrogen and oxygen atoms in total. The van der Waals surface area contributed by atoms with Gasteiger partial charge >= 0.3 is 0 Å². The molecule has 2 atom stereocenters. The summed E-state index contributed by atoms with van der Waals surface area (Å²) >= 11 is 0. The van der Waals surface area contributed by atoms with Gasteiger partial charge in [0.1, 0.15) is 0 Å². The van der Waals surface area contributed by atoms with Crippen molar-refractivity contribution in [1.82, 2.24) is 10.3 Å². The van der Waals surface area contributed by atoms with Crippen molar-refractivity contribution in [3.8, 4) is 11.5 Å². The fraction of sp³-hybridized carbons (Fsp3) is 0.286. The minimum absolute atomic E-state index is 0.0351. The van der Waals surface area contributed by atoms with Gasteiger partial charge in [-0.15, -0.1) is 0 Å². The zero-order valence-corrected chi connectivity index (χ0v) is 14.9. The van der Waals surface area contributed by atoms with Crippen molar-refractivity contribution in [2.24, 2.45) is 0 Å². The van der Waals surface area contributed by atoms with Crippen LogP contribution in [0.25, 0.3) is 10.9 Å². The maximum absolute atomic E-state index is 12.5. The number of hydrogen-bond acceptors (Lipinski definition) is 3. The van der Waals surface area contributed by atoms with Crippen LogP contribution in [0.5, 0.6) is 11.5 Å². The molecule has 0 radical (unpaired) electrons. The number of fused-ring (bicyclic) bond motifs is 2. The van der Waals surface area contributed by atoms with Gasteiger partial charge in [0.25, 0.3) is 0 Å². The lowest BCUT2D eigenvalue weighted by atomic mass is 9.96. The van der Waals surface area contributed by atoms with Crippen LogP contribution in [0.4, 0.5) is 0 Å². The summed E-state index contributed by atoms with van der Waals surface area (Å²) in [5.41, 5.74) is 3.28. The Bertz CT molecular complexity index is 947. The number of carbonyl (C=O) groups is 1. The Kier molecular flexibility index (Phi) is 4.29. The fourth-order valence-electron chi connectivity index (χ4n) is 3.46. The molecule has 4 rings (SSSR count). The Balaban J connectivity index is 1.41. The third kappa shape index (κ3) is 3.12. The highest BCUT2D eigenvalue weighted by Gasteiger charge is 2.19. The lowest BCUT2D eigenvalue weighted by Crippen LogP contribution is -2.27. The monoisotopic (exact) mass is 350 g/mol. The molecule has 0 unspecified atom stereocenters. The van der Waals surface area contributed by atoms with E-state index in [2.05, 4.69) is 23.3 Å². The van der Waals surface area contributed by atoms with E-state index in [9.17, 15) is 4.79 Å². The third-order valence-corrected chi connectivity index (χ3v) is 4.92. The molecule has 1 amide bonds. The van der Waals surface area contributed by atoms with E-state index >= 15 is 0 Å². The van der Waals surface area contributed by atoms with Gasteiger partial charge in [-0.3, -0.25) is 4.79 Å². The van der Waals surface area contributed by atoms with Gasteiger partial charge in [-0.2, -0.15) is 0 Å². The summed E-state index contributed by atoms with van der Waals surface area (Å²) in [5, 5.41) is 4.26. The lowest BCUT2D eigenvalue weighted by molar-refractivity contribution is -0.122. The van der Waals surface area contributed by atoms with Gasteiger partial charge in [-0.25, -0.2) is 0 Å². The summed E-state index contributed by atoms with van der Waals surface area (Å²) in [6.07, 6.45) is 2.45. The summed E-state index contributed by atoms with van der Waals surface area (Å²) in [6, 6.07) is 13.8. The van der Waals surface area contributed by atoms with Gasteiger partial charge in [-0.1, -0.05) is 31.2 Å². The van der Waals surface area contributed by atoms with Crippen molar-refractivity contribution in [2.75, 3.05) is 6.79 Å². The van der Waals surface area contributed by atoms with Crippen molar-refractivity contribution in [3.63, 3.8) is 0 Å². The van der Waals surface area contributed by atoms with Gasteiger partial charge < -0.3 is 19.8 Å². The van der Waals surface area contributed by atoms with E-state index in [0.717, 1.165) is 22.6 Å². The summed E-state index contributed by atoms with van der Waals surface area (Å²) in [5.74, 6) is 1.65. The van der Waals surface area contributed by atoms with Crippen LogP contribution in [0.1, 0.15) is 43.4 Å². The third-order valence-electron chi connectivity index (χ3n) is 4.92. The molecule has 0 spiro atoms. The Labute approximate surface area is 152 Å². The van der Waals surface area contributed by atoms with Crippen LogP contribution >= 0.6 is 0 Å². The molecule has 1 aliphatic rings. The number of benzene rings is 2. The Hall–Kier alpha value is -2.95. The van der Waals surface area contributed by atoms with Crippen LogP contribution < -0.4 is 14.8 Å². The maximum atomic E-state index is 12.5. The second kappa shape index (κ2) is 6.75. The Morgan fingerprint density at radius 3 is 2.85 bits per heavy atom. The summed E-state index contributed by atoms with van der Waals surface area (Å²) in [4.78, 5) is 15.8. The first-order valence-corrected chi connectivity index (χ1v) is 8.86. The minimum Gasteiger partial charge on any atom is -0.454 e. The quantitative estimate of drug-likeness (QED) is 0.722. The number of ether oxygens (including phenoxy) is 2. The van der Waals surface area contributed by atoms with Crippen molar-refractivity contribution < 1.29 is 14.3 Å². The van der Waals surface area contributed by atoms with E-state index < -0.39 is 0 Å². The molecule has 3 aromatic rings. The highest BCUT2D eigenvalue weighted by molar-refractivity contribution is 5.85.